The minimum atomic E-state index is -0.273. The largest absolute Gasteiger partial charge is 0.504 e. The average molecular weight is 299 g/mol. The van der Waals surface area contributed by atoms with E-state index >= 15 is 0 Å². The Balaban J connectivity index is 2.28. The van der Waals surface area contributed by atoms with Crippen LogP contribution in [0.2, 0.25) is 0 Å². The first-order chi connectivity index (χ1) is 10.5. The fourth-order valence-electron chi connectivity index (χ4n) is 2.38. The van der Waals surface area contributed by atoms with Crippen LogP contribution in [0.4, 0.5) is 0 Å². The number of pyridine rings is 1. The average Bonchev–Trinajstić information content (AvgIpc) is 2.50. The molecular formula is C17H17NO4. The van der Waals surface area contributed by atoms with E-state index in [0.717, 1.165) is 10.9 Å². The Bertz CT molecular complexity index is 858. The van der Waals surface area contributed by atoms with Gasteiger partial charge in [-0.25, -0.2) is 4.98 Å². The number of phenols is 2. The van der Waals surface area contributed by atoms with Gasteiger partial charge in [-0.1, -0.05) is 0 Å². The van der Waals surface area contributed by atoms with Crippen LogP contribution >= 0.6 is 0 Å². The van der Waals surface area contributed by atoms with Crippen molar-refractivity contribution in [3.8, 4) is 23.0 Å². The van der Waals surface area contributed by atoms with Crippen molar-refractivity contribution in [2.45, 2.75) is 20.0 Å². The van der Waals surface area contributed by atoms with E-state index in [1.165, 1.54) is 0 Å². The van der Waals surface area contributed by atoms with Crippen LogP contribution in [0.1, 0.15) is 13.8 Å². The molecule has 3 rings (SSSR count). The molecule has 22 heavy (non-hydrogen) atoms. The van der Waals surface area contributed by atoms with Gasteiger partial charge in [-0.2, -0.15) is 0 Å². The first-order valence-electron chi connectivity index (χ1n) is 6.99. The van der Waals surface area contributed by atoms with E-state index < -0.39 is 0 Å². The molecule has 0 saturated heterocycles. The number of hydrogen-bond acceptors (Lipinski definition) is 5. The number of phenolic OH excluding ortho intramolecular Hbond substituents is 2. The number of fused-ring (bicyclic) bond motifs is 2. The number of ether oxygens (including phenoxy) is 2. The molecule has 5 heteroatoms. The highest BCUT2D eigenvalue weighted by Gasteiger charge is 2.16. The number of hydrogen-bond donors (Lipinski definition) is 2. The topological polar surface area (TPSA) is 71.8 Å². The zero-order valence-corrected chi connectivity index (χ0v) is 12.6. The minimum Gasteiger partial charge on any atom is -0.504 e. The Morgan fingerprint density at radius 1 is 1.00 bits per heavy atom. The predicted octanol–water partition coefficient (Wildman–Crippen LogP) is 3.60. The van der Waals surface area contributed by atoms with Crippen molar-refractivity contribution < 1.29 is 19.7 Å². The molecule has 0 atom stereocenters. The van der Waals surface area contributed by atoms with E-state index in [1.807, 2.05) is 32.0 Å². The van der Waals surface area contributed by atoms with Gasteiger partial charge in [-0.05, 0) is 38.1 Å². The molecule has 0 saturated carbocycles. The van der Waals surface area contributed by atoms with Crippen LogP contribution in [-0.2, 0) is 0 Å². The number of methoxy groups -OCH3 is 1. The summed E-state index contributed by atoms with van der Waals surface area (Å²) in [5.74, 6) is 0.424. The van der Waals surface area contributed by atoms with Gasteiger partial charge in [-0.15, -0.1) is 0 Å². The fourth-order valence-corrected chi connectivity index (χ4v) is 2.38. The molecule has 0 fully saturated rings. The van der Waals surface area contributed by atoms with Gasteiger partial charge >= 0.3 is 0 Å². The van der Waals surface area contributed by atoms with Crippen LogP contribution in [0.15, 0.2) is 30.3 Å². The summed E-state index contributed by atoms with van der Waals surface area (Å²) >= 11 is 0. The first-order valence-corrected chi connectivity index (χ1v) is 6.99. The molecule has 0 aliphatic rings. The second-order valence-electron chi connectivity index (χ2n) is 5.35. The Morgan fingerprint density at radius 2 is 1.77 bits per heavy atom. The highest BCUT2D eigenvalue weighted by atomic mass is 16.5. The standard InChI is InChI=1S/C17H17NO4/c1-9(2)22-15-8-14-12(16(19)17(15)20)7-10-6-11(21-3)4-5-13(10)18-14/h4-9,19-20H,1-3H3. The predicted molar refractivity (Wildman–Crippen MR) is 84.9 cm³/mol. The maximum atomic E-state index is 10.2. The Hall–Kier alpha value is -2.69. The van der Waals surface area contributed by atoms with Crippen LogP contribution in [-0.4, -0.2) is 28.4 Å². The van der Waals surface area contributed by atoms with Gasteiger partial charge in [0.05, 0.1) is 24.2 Å². The zero-order chi connectivity index (χ0) is 15.9. The van der Waals surface area contributed by atoms with Crippen molar-refractivity contribution in [2.24, 2.45) is 0 Å². The van der Waals surface area contributed by atoms with Gasteiger partial charge in [0.25, 0.3) is 0 Å². The van der Waals surface area contributed by atoms with Crippen molar-refractivity contribution >= 4 is 21.8 Å². The molecule has 1 aromatic heterocycles. The molecule has 0 spiro atoms. The molecule has 2 N–H and O–H groups in total. The van der Waals surface area contributed by atoms with Crippen molar-refractivity contribution in [3.63, 3.8) is 0 Å². The molecule has 0 bridgehead atoms. The van der Waals surface area contributed by atoms with Crippen LogP contribution in [0, 0.1) is 0 Å². The van der Waals surface area contributed by atoms with E-state index in [1.54, 1.807) is 19.2 Å². The van der Waals surface area contributed by atoms with E-state index in [-0.39, 0.29) is 23.4 Å². The van der Waals surface area contributed by atoms with E-state index in [4.69, 9.17) is 9.47 Å². The molecule has 0 aliphatic carbocycles. The first kappa shape index (κ1) is 14.3. The smallest absolute Gasteiger partial charge is 0.201 e. The van der Waals surface area contributed by atoms with E-state index in [0.29, 0.717) is 16.7 Å². The SMILES string of the molecule is COc1ccc2nc3cc(OC(C)C)c(O)c(O)c3cc2c1. The molecule has 1 heterocycles. The van der Waals surface area contributed by atoms with Crippen LogP contribution in [0.5, 0.6) is 23.0 Å². The third kappa shape index (κ3) is 2.35. The maximum absolute atomic E-state index is 10.2. The molecule has 0 radical (unpaired) electrons. The van der Waals surface area contributed by atoms with Gasteiger partial charge in [0.15, 0.2) is 11.5 Å². The van der Waals surface area contributed by atoms with Crippen molar-refractivity contribution in [1.82, 2.24) is 4.98 Å². The highest BCUT2D eigenvalue weighted by molar-refractivity contribution is 5.98. The molecule has 3 aromatic rings. The quantitative estimate of drug-likeness (QED) is 0.571. The molecule has 0 amide bonds. The van der Waals surface area contributed by atoms with Crippen molar-refractivity contribution in [2.75, 3.05) is 7.11 Å². The van der Waals surface area contributed by atoms with Gasteiger partial charge in [-0.3, -0.25) is 0 Å². The summed E-state index contributed by atoms with van der Waals surface area (Å²) in [4.78, 5) is 4.52. The molecule has 114 valence electrons. The normalized spacial score (nSPS) is 11.3. The van der Waals surface area contributed by atoms with E-state index in [9.17, 15) is 10.2 Å². The minimum absolute atomic E-state index is 0.118. The zero-order valence-electron chi connectivity index (χ0n) is 12.6. The van der Waals surface area contributed by atoms with Crippen molar-refractivity contribution in [3.05, 3.63) is 30.3 Å². The van der Waals surface area contributed by atoms with Crippen molar-refractivity contribution in [1.29, 1.82) is 0 Å². The summed E-state index contributed by atoms with van der Waals surface area (Å²) in [5, 5.41) is 21.6. The second-order valence-corrected chi connectivity index (χ2v) is 5.35. The Morgan fingerprint density at radius 3 is 2.45 bits per heavy atom. The molecule has 5 nitrogen and oxygen atoms in total. The van der Waals surface area contributed by atoms with Gasteiger partial charge in [0.1, 0.15) is 5.75 Å². The summed E-state index contributed by atoms with van der Waals surface area (Å²) in [5.41, 5.74) is 1.33. The number of aromatic hydroxyl groups is 2. The van der Waals surface area contributed by atoms with Crippen LogP contribution < -0.4 is 9.47 Å². The number of rotatable bonds is 3. The lowest BCUT2D eigenvalue weighted by molar-refractivity contribution is 0.230. The summed E-state index contributed by atoms with van der Waals surface area (Å²) in [6.07, 6.45) is -0.118. The van der Waals surface area contributed by atoms with Gasteiger partial charge in [0, 0.05) is 16.8 Å². The highest BCUT2D eigenvalue weighted by Crippen LogP contribution is 2.42. The summed E-state index contributed by atoms with van der Waals surface area (Å²) in [6.45, 7) is 3.70. The fraction of sp³-hybridized carbons (Fsp3) is 0.235. The van der Waals surface area contributed by atoms with Gasteiger partial charge in [0.2, 0.25) is 5.75 Å². The molecular weight excluding hydrogens is 282 g/mol. The van der Waals surface area contributed by atoms with E-state index in [2.05, 4.69) is 4.98 Å². The monoisotopic (exact) mass is 299 g/mol. The maximum Gasteiger partial charge on any atom is 0.201 e. The summed E-state index contributed by atoms with van der Waals surface area (Å²) in [7, 11) is 1.59. The molecule has 0 aliphatic heterocycles. The number of benzene rings is 2. The lowest BCUT2D eigenvalue weighted by Gasteiger charge is -2.14. The van der Waals surface area contributed by atoms with Crippen LogP contribution in [0.3, 0.4) is 0 Å². The van der Waals surface area contributed by atoms with Crippen LogP contribution in [0.25, 0.3) is 21.8 Å². The Kier molecular flexibility index (Phi) is 3.41. The Labute approximate surface area is 127 Å². The lowest BCUT2D eigenvalue weighted by Crippen LogP contribution is -2.05. The molecule has 0 unspecified atom stereocenters. The summed E-state index contributed by atoms with van der Waals surface area (Å²) < 4.78 is 10.7. The third-order valence-electron chi connectivity index (χ3n) is 3.39. The number of nitrogens with zero attached hydrogens (tertiary/aromatic N) is 1. The summed E-state index contributed by atoms with van der Waals surface area (Å²) in [6, 6.07) is 8.91. The number of aromatic nitrogens is 1. The van der Waals surface area contributed by atoms with Gasteiger partial charge < -0.3 is 19.7 Å². The second kappa shape index (κ2) is 5.26. The third-order valence-corrected chi connectivity index (χ3v) is 3.39. The molecule has 2 aromatic carbocycles. The lowest BCUT2D eigenvalue weighted by atomic mass is 10.1.